The molecule has 3 rings (SSSR count). The van der Waals surface area contributed by atoms with Crippen LogP contribution in [0.3, 0.4) is 0 Å². The van der Waals surface area contributed by atoms with Crippen LogP contribution in [0.25, 0.3) is 0 Å². The van der Waals surface area contributed by atoms with Crippen LogP contribution >= 0.6 is 0 Å². The highest BCUT2D eigenvalue weighted by Gasteiger charge is 2.50. The summed E-state index contributed by atoms with van der Waals surface area (Å²) in [6.07, 6.45) is 9.93. The molecule has 1 aromatic heterocycles. The first kappa shape index (κ1) is 8.24. The van der Waals surface area contributed by atoms with Crippen molar-refractivity contribution in [3.63, 3.8) is 0 Å². The predicted molar refractivity (Wildman–Crippen MR) is 52.5 cm³/mol. The van der Waals surface area contributed by atoms with E-state index in [-0.39, 0.29) is 5.92 Å². The lowest BCUT2D eigenvalue weighted by Gasteiger charge is -2.29. The Morgan fingerprint density at radius 1 is 1.57 bits per heavy atom. The molecule has 1 heterocycles. The molecule has 2 aliphatic rings. The Kier molecular flexibility index (Phi) is 1.46. The second-order valence-corrected chi connectivity index (χ2v) is 4.48. The summed E-state index contributed by atoms with van der Waals surface area (Å²) in [6, 6.07) is 0. The predicted octanol–water partition coefficient (Wildman–Crippen LogP) is 1.20. The van der Waals surface area contributed by atoms with Gasteiger partial charge in [-0.25, -0.2) is 4.98 Å². The van der Waals surface area contributed by atoms with Gasteiger partial charge in [0.2, 0.25) is 0 Å². The molecule has 1 N–H and O–H groups in total. The third kappa shape index (κ3) is 0.879. The first-order valence-corrected chi connectivity index (χ1v) is 5.08. The van der Waals surface area contributed by atoms with Crippen molar-refractivity contribution in [2.24, 2.45) is 18.9 Å². The van der Waals surface area contributed by atoms with Crippen LogP contribution < -0.4 is 0 Å². The number of nitrogens with zero attached hydrogens (tertiary/aromatic N) is 2. The average molecular weight is 190 g/mol. The monoisotopic (exact) mass is 190 g/mol. The fourth-order valence-electron chi connectivity index (χ4n) is 2.87. The summed E-state index contributed by atoms with van der Waals surface area (Å²) in [5.41, 5.74) is -0.711. The zero-order valence-corrected chi connectivity index (χ0v) is 8.22. The highest BCUT2D eigenvalue weighted by Crippen LogP contribution is 2.51. The molecule has 2 bridgehead atoms. The van der Waals surface area contributed by atoms with Crippen LogP contribution in [0.1, 0.15) is 18.7 Å². The molecule has 0 saturated heterocycles. The zero-order valence-electron chi connectivity index (χ0n) is 8.22. The van der Waals surface area contributed by atoms with Crippen molar-refractivity contribution < 1.29 is 5.11 Å². The number of allylic oxidation sites excluding steroid dienone is 1. The van der Waals surface area contributed by atoms with Crippen molar-refractivity contribution in [3.8, 4) is 0 Å². The fraction of sp³-hybridized carbons (Fsp3) is 0.545. The molecule has 3 unspecified atom stereocenters. The average Bonchev–Trinajstić information content (AvgIpc) is 2.78. The van der Waals surface area contributed by atoms with Gasteiger partial charge in [0.15, 0.2) is 0 Å². The second kappa shape index (κ2) is 2.48. The lowest BCUT2D eigenvalue weighted by molar-refractivity contribution is -0.000899. The van der Waals surface area contributed by atoms with Gasteiger partial charge in [-0.05, 0) is 18.8 Å². The second-order valence-electron chi connectivity index (χ2n) is 4.48. The minimum atomic E-state index is -0.711. The molecule has 0 amide bonds. The molecule has 3 atom stereocenters. The molecule has 74 valence electrons. The lowest BCUT2D eigenvalue weighted by Crippen LogP contribution is -2.33. The number of aryl methyl sites for hydroxylation is 1. The summed E-state index contributed by atoms with van der Waals surface area (Å²) in [5.74, 6) is 1.64. The van der Waals surface area contributed by atoms with E-state index in [1.165, 1.54) is 0 Å². The third-order valence-corrected chi connectivity index (χ3v) is 3.57. The first-order valence-electron chi connectivity index (χ1n) is 5.08. The molecule has 1 aromatic rings. The van der Waals surface area contributed by atoms with Gasteiger partial charge in [0.25, 0.3) is 0 Å². The molecule has 3 heteroatoms. The number of fused-ring (bicyclic) bond motifs is 2. The van der Waals surface area contributed by atoms with E-state index in [1.807, 2.05) is 17.8 Å². The molecule has 1 saturated carbocycles. The van der Waals surface area contributed by atoms with Gasteiger partial charge in [-0.3, -0.25) is 0 Å². The van der Waals surface area contributed by atoms with Crippen LogP contribution in [0.4, 0.5) is 0 Å². The van der Waals surface area contributed by atoms with Crippen LogP contribution in [-0.2, 0) is 12.6 Å². The zero-order chi connectivity index (χ0) is 9.76. The van der Waals surface area contributed by atoms with Gasteiger partial charge >= 0.3 is 0 Å². The summed E-state index contributed by atoms with van der Waals surface area (Å²) in [5, 5.41) is 10.6. The minimum absolute atomic E-state index is 0.272. The SMILES string of the molecule is Cn1ccnc1C1(O)CC2C=CC1C2. The lowest BCUT2D eigenvalue weighted by atomic mass is 9.87. The van der Waals surface area contributed by atoms with Gasteiger partial charge < -0.3 is 9.67 Å². The third-order valence-electron chi connectivity index (χ3n) is 3.57. The number of aromatic nitrogens is 2. The Labute approximate surface area is 83.1 Å². The molecule has 0 spiro atoms. The Bertz CT molecular complexity index is 396. The van der Waals surface area contributed by atoms with Crippen molar-refractivity contribution >= 4 is 0 Å². The summed E-state index contributed by atoms with van der Waals surface area (Å²) in [4.78, 5) is 4.27. The molecule has 1 fully saturated rings. The van der Waals surface area contributed by atoms with Gasteiger partial charge in [-0.15, -0.1) is 0 Å². The quantitative estimate of drug-likeness (QED) is 0.676. The Balaban J connectivity index is 2.06. The normalized spacial score (nSPS) is 39.6. The summed E-state index contributed by atoms with van der Waals surface area (Å²) in [7, 11) is 1.94. The van der Waals surface area contributed by atoms with Gasteiger partial charge in [0.1, 0.15) is 11.4 Å². The highest BCUT2D eigenvalue weighted by molar-refractivity contribution is 5.22. The molecule has 14 heavy (non-hydrogen) atoms. The van der Waals surface area contributed by atoms with Crippen molar-refractivity contribution in [2.75, 3.05) is 0 Å². The van der Waals surface area contributed by atoms with Crippen molar-refractivity contribution in [1.29, 1.82) is 0 Å². The summed E-state index contributed by atoms with van der Waals surface area (Å²) < 4.78 is 1.93. The van der Waals surface area contributed by atoms with E-state index < -0.39 is 5.60 Å². The van der Waals surface area contributed by atoms with Gasteiger partial charge in [-0.1, -0.05) is 12.2 Å². The van der Waals surface area contributed by atoms with Crippen LogP contribution in [0, 0.1) is 11.8 Å². The molecule has 0 aliphatic heterocycles. The molecule has 0 aromatic carbocycles. The van der Waals surface area contributed by atoms with Crippen molar-refractivity contribution in [3.05, 3.63) is 30.4 Å². The number of aliphatic hydroxyl groups is 1. The molecule has 0 radical (unpaired) electrons. The summed E-state index contributed by atoms with van der Waals surface area (Å²) >= 11 is 0. The largest absolute Gasteiger partial charge is 0.381 e. The number of rotatable bonds is 1. The maximum atomic E-state index is 10.6. The van der Waals surface area contributed by atoms with Crippen LogP contribution in [0.2, 0.25) is 0 Å². The maximum absolute atomic E-state index is 10.6. The van der Waals surface area contributed by atoms with E-state index in [0.717, 1.165) is 18.7 Å². The highest BCUT2D eigenvalue weighted by atomic mass is 16.3. The fourth-order valence-corrected chi connectivity index (χ4v) is 2.87. The standard InChI is InChI=1S/C11H14N2O/c1-13-5-4-12-10(13)11(14)7-8-2-3-9(11)6-8/h2-5,8-9,14H,6-7H2,1H3. The van der Waals surface area contributed by atoms with Gasteiger partial charge in [0, 0.05) is 25.4 Å². The van der Waals surface area contributed by atoms with Gasteiger partial charge in [-0.2, -0.15) is 0 Å². The molecular weight excluding hydrogens is 176 g/mol. The molecule has 2 aliphatic carbocycles. The van der Waals surface area contributed by atoms with Crippen LogP contribution in [-0.4, -0.2) is 14.7 Å². The summed E-state index contributed by atoms with van der Waals surface area (Å²) in [6.45, 7) is 0. The minimum Gasteiger partial charge on any atom is -0.381 e. The van der Waals surface area contributed by atoms with Crippen molar-refractivity contribution in [2.45, 2.75) is 18.4 Å². The number of imidazole rings is 1. The topological polar surface area (TPSA) is 38.0 Å². The Morgan fingerprint density at radius 2 is 2.43 bits per heavy atom. The van der Waals surface area contributed by atoms with Crippen LogP contribution in [0.15, 0.2) is 24.5 Å². The number of hydrogen-bond donors (Lipinski definition) is 1. The van der Waals surface area contributed by atoms with E-state index in [4.69, 9.17) is 0 Å². The molecule has 3 nitrogen and oxygen atoms in total. The van der Waals surface area contributed by atoms with Crippen molar-refractivity contribution in [1.82, 2.24) is 9.55 Å². The van der Waals surface area contributed by atoms with E-state index in [0.29, 0.717) is 5.92 Å². The first-order chi connectivity index (χ1) is 6.70. The van der Waals surface area contributed by atoms with E-state index in [9.17, 15) is 5.11 Å². The van der Waals surface area contributed by atoms with Gasteiger partial charge in [0.05, 0.1) is 0 Å². The van der Waals surface area contributed by atoms with E-state index in [1.54, 1.807) is 6.20 Å². The smallest absolute Gasteiger partial charge is 0.141 e. The van der Waals surface area contributed by atoms with E-state index in [2.05, 4.69) is 17.1 Å². The number of hydrogen-bond acceptors (Lipinski definition) is 2. The maximum Gasteiger partial charge on any atom is 0.141 e. The molecular formula is C11H14N2O. The Morgan fingerprint density at radius 3 is 2.93 bits per heavy atom. The van der Waals surface area contributed by atoms with Crippen LogP contribution in [0.5, 0.6) is 0 Å². The van der Waals surface area contributed by atoms with E-state index >= 15 is 0 Å². The Hall–Kier alpha value is -1.09.